The molecule has 104 valence electrons. The Kier molecular flexibility index (Phi) is 12.2. The maximum absolute atomic E-state index is 11.3. The Morgan fingerprint density at radius 3 is 2.24 bits per heavy atom. The Labute approximate surface area is 113 Å². The molecule has 0 aromatic heterocycles. The molecule has 17 heavy (non-hydrogen) atoms. The first kappa shape index (κ1) is 19.1. The fourth-order valence-corrected chi connectivity index (χ4v) is 1.52. The van der Waals surface area contributed by atoms with Crippen LogP contribution < -0.4 is 10.6 Å². The zero-order valence-electron chi connectivity index (χ0n) is 11.8. The first-order valence-corrected chi connectivity index (χ1v) is 6.37. The Hall–Kier alpha value is -0.280. The van der Waals surface area contributed by atoms with Crippen molar-refractivity contribution in [3.05, 3.63) is 0 Å². The SMILES string of the molecule is CNCCCC(=O)NCCCCC(C)(C)C.Cl. The zero-order valence-corrected chi connectivity index (χ0v) is 12.6. The minimum atomic E-state index is 0. The van der Waals surface area contributed by atoms with E-state index < -0.39 is 0 Å². The highest BCUT2D eigenvalue weighted by Gasteiger charge is 2.08. The summed E-state index contributed by atoms with van der Waals surface area (Å²) < 4.78 is 0. The molecule has 0 saturated carbocycles. The minimum absolute atomic E-state index is 0. The number of carbonyl (C=O) groups is 1. The van der Waals surface area contributed by atoms with Gasteiger partial charge in [0.1, 0.15) is 0 Å². The zero-order chi connectivity index (χ0) is 12.4. The highest BCUT2D eigenvalue weighted by Crippen LogP contribution is 2.21. The summed E-state index contributed by atoms with van der Waals surface area (Å²) in [5.74, 6) is 0.186. The van der Waals surface area contributed by atoms with Crippen molar-refractivity contribution in [3.8, 4) is 0 Å². The number of rotatable bonds is 8. The largest absolute Gasteiger partial charge is 0.356 e. The number of hydrogen-bond acceptors (Lipinski definition) is 2. The van der Waals surface area contributed by atoms with E-state index in [2.05, 4.69) is 31.4 Å². The summed E-state index contributed by atoms with van der Waals surface area (Å²) in [7, 11) is 1.91. The van der Waals surface area contributed by atoms with Gasteiger partial charge in [-0.25, -0.2) is 0 Å². The van der Waals surface area contributed by atoms with E-state index in [0.717, 1.165) is 25.9 Å². The number of carbonyl (C=O) groups excluding carboxylic acids is 1. The van der Waals surface area contributed by atoms with Gasteiger partial charge in [0.2, 0.25) is 5.91 Å². The third kappa shape index (κ3) is 15.7. The predicted molar refractivity (Wildman–Crippen MR) is 76.7 cm³/mol. The lowest BCUT2D eigenvalue weighted by molar-refractivity contribution is -0.121. The van der Waals surface area contributed by atoms with Gasteiger partial charge < -0.3 is 10.6 Å². The van der Waals surface area contributed by atoms with Gasteiger partial charge in [-0.05, 0) is 38.3 Å². The van der Waals surface area contributed by atoms with Crippen LogP contribution in [0.4, 0.5) is 0 Å². The van der Waals surface area contributed by atoms with Gasteiger partial charge in [-0.3, -0.25) is 4.79 Å². The number of hydrogen-bond donors (Lipinski definition) is 2. The minimum Gasteiger partial charge on any atom is -0.356 e. The maximum atomic E-state index is 11.3. The highest BCUT2D eigenvalue weighted by molar-refractivity contribution is 5.85. The van der Waals surface area contributed by atoms with Crippen LogP contribution in [0.2, 0.25) is 0 Å². The molecule has 0 aromatic carbocycles. The van der Waals surface area contributed by atoms with E-state index >= 15 is 0 Å². The van der Waals surface area contributed by atoms with Crippen LogP contribution in [0.5, 0.6) is 0 Å². The van der Waals surface area contributed by atoms with Gasteiger partial charge in [0.25, 0.3) is 0 Å². The van der Waals surface area contributed by atoms with Crippen molar-refractivity contribution >= 4 is 18.3 Å². The second-order valence-electron chi connectivity index (χ2n) is 5.57. The predicted octanol–water partition coefficient (Wildman–Crippen LogP) is 2.74. The van der Waals surface area contributed by atoms with Crippen molar-refractivity contribution in [3.63, 3.8) is 0 Å². The average Bonchev–Trinajstić information content (AvgIpc) is 2.16. The van der Waals surface area contributed by atoms with Gasteiger partial charge in [0, 0.05) is 13.0 Å². The van der Waals surface area contributed by atoms with Gasteiger partial charge >= 0.3 is 0 Å². The second kappa shape index (κ2) is 10.8. The summed E-state index contributed by atoms with van der Waals surface area (Å²) in [5.41, 5.74) is 0.413. The lowest BCUT2D eigenvalue weighted by Gasteiger charge is -2.17. The van der Waals surface area contributed by atoms with Crippen LogP contribution in [-0.4, -0.2) is 26.0 Å². The Morgan fingerprint density at radius 1 is 1.06 bits per heavy atom. The standard InChI is InChI=1S/C13H28N2O.ClH/c1-13(2,3)9-5-6-11-15-12(16)8-7-10-14-4;/h14H,5-11H2,1-4H3,(H,15,16);1H. The lowest BCUT2D eigenvalue weighted by Crippen LogP contribution is -2.25. The molecule has 0 bridgehead atoms. The molecule has 0 rings (SSSR count). The van der Waals surface area contributed by atoms with Crippen molar-refractivity contribution in [2.75, 3.05) is 20.1 Å². The molecule has 4 heteroatoms. The summed E-state index contributed by atoms with van der Waals surface area (Å²) >= 11 is 0. The molecule has 0 unspecified atom stereocenters. The fraction of sp³-hybridized carbons (Fsp3) is 0.923. The first-order valence-electron chi connectivity index (χ1n) is 6.37. The quantitative estimate of drug-likeness (QED) is 0.662. The van der Waals surface area contributed by atoms with E-state index in [4.69, 9.17) is 0 Å². The summed E-state index contributed by atoms with van der Waals surface area (Å²) in [6.07, 6.45) is 5.07. The van der Waals surface area contributed by atoms with Crippen molar-refractivity contribution < 1.29 is 4.79 Å². The van der Waals surface area contributed by atoms with Crippen LogP contribution in [0, 0.1) is 5.41 Å². The number of nitrogens with one attached hydrogen (secondary N) is 2. The monoisotopic (exact) mass is 264 g/mol. The van der Waals surface area contributed by atoms with E-state index in [1.165, 1.54) is 12.8 Å². The van der Waals surface area contributed by atoms with Crippen LogP contribution in [-0.2, 0) is 4.79 Å². The molecule has 0 aliphatic heterocycles. The van der Waals surface area contributed by atoms with E-state index in [1.807, 2.05) is 7.05 Å². The Bertz CT molecular complexity index is 190. The van der Waals surface area contributed by atoms with Crippen LogP contribution in [0.1, 0.15) is 52.9 Å². The molecule has 0 spiro atoms. The van der Waals surface area contributed by atoms with E-state index in [-0.39, 0.29) is 18.3 Å². The molecule has 0 saturated heterocycles. The molecular weight excluding hydrogens is 236 g/mol. The summed E-state index contributed by atoms with van der Waals surface area (Å²) in [6, 6.07) is 0. The van der Waals surface area contributed by atoms with Gasteiger partial charge in [-0.1, -0.05) is 27.2 Å². The third-order valence-electron chi connectivity index (χ3n) is 2.51. The molecule has 0 radical (unpaired) electrons. The van der Waals surface area contributed by atoms with Crippen molar-refractivity contribution in [2.45, 2.75) is 52.9 Å². The smallest absolute Gasteiger partial charge is 0.220 e. The van der Waals surface area contributed by atoms with Gasteiger partial charge in [-0.15, -0.1) is 12.4 Å². The third-order valence-corrected chi connectivity index (χ3v) is 2.51. The fourth-order valence-electron chi connectivity index (χ4n) is 1.52. The molecule has 0 aliphatic carbocycles. The normalized spacial score (nSPS) is 10.8. The molecule has 3 nitrogen and oxygen atoms in total. The van der Waals surface area contributed by atoms with Gasteiger partial charge in [-0.2, -0.15) is 0 Å². The highest BCUT2D eigenvalue weighted by atomic mass is 35.5. The van der Waals surface area contributed by atoms with E-state index in [1.54, 1.807) is 0 Å². The maximum Gasteiger partial charge on any atom is 0.220 e. The van der Waals surface area contributed by atoms with Crippen LogP contribution in [0.25, 0.3) is 0 Å². The van der Waals surface area contributed by atoms with Crippen molar-refractivity contribution in [2.24, 2.45) is 5.41 Å². The van der Waals surface area contributed by atoms with E-state index in [0.29, 0.717) is 11.8 Å². The second-order valence-corrected chi connectivity index (χ2v) is 5.57. The molecule has 0 aliphatic rings. The van der Waals surface area contributed by atoms with Gasteiger partial charge in [0.15, 0.2) is 0 Å². The van der Waals surface area contributed by atoms with Crippen molar-refractivity contribution in [1.82, 2.24) is 10.6 Å². The molecule has 0 heterocycles. The summed E-state index contributed by atoms with van der Waals surface area (Å²) in [4.78, 5) is 11.3. The Morgan fingerprint density at radius 2 is 1.71 bits per heavy atom. The number of unbranched alkanes of at least 4 members (excludes halogenated alkanes) is 1. The molecule has 1 amide bonds. The molecule has 2 N–H and O–H groups in total. The lowest BCUT2D eigenvalue weighted by atomic mass is 9.90. The molecule has 0 atom stereocenters. The van der Waals surface area contributed by atoms with E-state index in [9.17, 15) is 4.79 Å². The van der Waals surface area contributed by atoms with Crippen LogP contribution >= 0.6 is 12.4 Å². The summed E-state index contributed by atoms with van der Waals surface area (Å²) in [5, 5.41) is 6.00. The summed E-state index contributed by atoms with van der Waals surface area (Å²) in [6.45, 7) is 8.50. The topological polar surface area (TPSA) is 41.1 Å². The first-order chi connectivity index (χ1) is 7.45. The molecule has 0 fully saturated rings. The van der Waals surface area contributed by atoms with Gasteiger partial charge in [0.05, 0.1) is 0 Å². The number of amides is 1. The van der Waals surface area contributed by atoms with Crippen LogP contribution in [0.3, 0.4) is 0 Å². The Balaban J connectivity index is 0. The average molecular weight is 265 g/mol. The molecular formula is C13H29ClN2O. The molecule has 0 aromatic rings. The van der Waals surface area contributed by atoms with Crippen molar-refractivity contribution in [1.29, 1.82) is 0 Å². The number of halogens is 1. The van der Waals surface area contributed by atoms with Crippen LogP contribution in [0.15, 0.2) is 0 Å².